The van der Waals surface area contributed by atoms with Crippen molar-refractivity contribution in [3.63, 3.8) is 0 Å². The number of carbonyl (C=O) groups is 3. The summed E-state index contributed by atoms with van der Waals surface area (Å²) in [5, 5.41) is 14.4. The Morgan fingerprint density at radius 2 is 1.81 bits per heavy atom. The molecule has 0 spiro atoms. The SMILES string of the molecule is COc1cccc(C(=O)NCC(=O)NC(C(=O)O)c2cccc(C)c2C)c1. The van der Waals surface area contributed by atoms with E-state index in [0.717, 1.165) is 11.1 Å². The molecule has 3 N–H and O–H groups in total. The first-order chi connectivity index (χ1) is 12.8. The van der Waals surface area contributed by atoms with Crippen LogP contribution in [-0.2, 0) is 9.59 Å². The first-order valence-corrected chi connectivity index (χ1v) is 8.34. The van der Waals surface area contributed by atoms with Crippen LogP contribution in [0.3, 0.4) is 0 Å². The number of carbonyl (C=O) groups excluding carboxylic acids is 2. The Kier molecular flexibility index (Phi) is 6.54. The summed E-state index contributed by atoms with van der Waals surface area (Å²) in [7, 11) is 1.49. The number of ether oxygens (including phenoxy) is 1. The van der Waals surface area contributed by atoms with Gasteiger partial charge in [0.1, 0.15) is 5.75 Å². The fourth-order valence-electron chi connectivity index (χ4n) is 2.60. The van der Waals surface area contributed by atoms with Crippen molar-refractivity contribution in [1.82, 2.24) is 10.6 Å². The molecule has 27 heavy (non-hydrogen) atoms. The quantitative estimate of drug-likeness (QED) is 0.691. The number of aliphatic carboxylic acids is 1. The van der Waals surface area contributed by atoms with Crippen molar-refractivity contribution in [1.29, 1.82) is 0 Å². The number of aryl methyl sites for hydroxylation is 1. The monoisotopic (exact) mass is 370 g/mol. The lowest BCUT2D eigenvalue weighted by Gasteiger charge is -2.18. The summed E-state index contributed by atoms with van der Waals surface area (Å²) >= 11 is 0. The Morgan fingerprint density at radius 3 is 2.48 bits per heavy atom. The van der Waals surface area contributed by atoms with Gasteiger partial charge in [0.15, 0.2) is 6.04 Å². The molecule has 1 atom stereocenters. The number of methoxy groups -OCH3 is 1. The average molecular weight is 370 g/mol. The maximum absolute atomic E-state index is 12.2. The molecule has 0 aliphatic carbocycles. The van der Waals surface area contributed by atoms with Gasteiger partial charge in [0, 0.05) is 5.56 Å². The number of benzene rings is 2. The van der Waals surface area contributed by atoms with Crippen LogP contribution in [-0.4, -0.2) is 36.5 Å². The van der Waals surface area contributed by atoms with Crippen LogP contribution in [0.5, 0.6) is 5.75 Å². The summed E-state index contributed by atoms with van der Waals surface area (Å²) < 4.78 is 5.05. The van der Waals surface area contributed by atoms with Crippen molar-refractivity contribution < 1.29 is 24.2 Å². The topological polar surface area (TPSA) is 105 Å². The van der Waals surface area contributed by atoms with E-state index in [1.54, 1.807) is 43.3 Å². The molecule has 2 aromatic rings. The zero-order valence-corrected chi connectivity index (χ0v) is 15.4. The molecule has 1 unspecified atom stereocenters. The highest BCUT2D eigenvalue weighted by Gasteiger charge is 2.24. The van der Waals surface area contributed by atoms with E-state index in [1.807, 2.05) is 13.0 Å². The molecule has 0 aromatic heterocycles. The zero-order chi connectivity index (χ0) is 20.0. The van der Waals surface area contributed by atoms with E-state index in [9.17, 15) is 19.5 Å². The number of carboxylic acid groups (broad SMARTS) is 1. The Hall–Kier alpha value is -3.35. The highest BCUT2D eigenvalue weighted by molar-refractivity contribution is 5.97. The van der Waals surface area contributed by atoms with E-state index >= 15 is 0 Å². The molecule has 0 heterocycles. The minimum atomic E-state index is -1.19. The molecular weight excluding hydrogens is 348 g/mol. The number of hydrogen-bond acceptors (Lipinski definition) is 4. The van der Waals surface area contributed by atoms with Crippen LogP contribution in [0.4, 0.5) is 0 Å². The maximum atomic E-state index is 12.2. The van der Waals surface area contributed by atoms with Crippen molar-refractivity contribution >= 4 is 17.8 Å². The van der Waals surface area contributed by atoms with Gasteiger partial charge >= 0.3 is 5.97 Å². The summed E-state index contributed by atoms with van der Waals surface area (Å²) in [5.41, 5.74) is 2.58. The third-order valence-corrected chi connectivity index (χ3v) is 4.25. The first-order valence-electron chi connectivity index (χ1n) is 8.34. The van der Waals surface area contributed by atoms with Crippen molar-refractivity contribution in [2.45, 2.75) is 19.9 Å². The van der Waals surface area contributed by atoms with Gasteiger partial charge in [0.05, 0.1) is 13.7 Å². The number of nitrogens with one attached hydrogen (secondary N) is 2. The van der Waals surface area contributed by atoms with Gasteiger partial charge in [-0.05, 0) is 48.7 Å². The van der Waals surface area contributed by atoms with Crippen LogP contribution in [0, 0.1) is 13.8 Å². The molecule has 0 aliphatic heterocycles. The van der Waals surface area contributed by atoms with E-state index in [2.05, 4.69) is 10.6 Å². The van der Waals surface area contributed by atoms with Gasteiger partial charge in [-0.25, -0.2) is 4.79 Å². The molecule has 2 amide bonds. The number of carboxylic acids is 1. The molecule has 7 nitrogen and oxygen atoms in total. The molecule has 2 rings (SSSR count). The highest BCUT2D eigenvalue weighted by atomic mass is 16.5. The van der Waals surface area contributed by atoms with E-state index in [1.165, 1.54) is 7.11 Å². The van der Waals surface area contributed by atoms with Gasteiger partial charge in [-0.15, -0.1) is 0 Å². The second-order valence-electron chi connectivity index (χ2n) is 6.04. The molecule has 0 fully saturated rings. The Morgan fingerprint density at radius 1 is 1.11 bits per heavy atom. The van der Waals surface area contributed by atoms with E-state index in [4.69, 9.17) is 4.74 Å². The standard InChI is InChI=1S/C20H22N2O5/c1-12-6-4-9-16(13(12)2)18(20(25)26)22-17(23)11-21-19(24)14-7-5-8-15(10-14)27-3/h4-10,18H,11H2,1-3H3,(H,21,24)(H,22,23)(H,25,26). The number of hydrogen-bond donors (Lipinski definition) is 3. The highest BCUT2D eigenvalue weighted by Crippen LogP contribution is 2.20. The molecule has 2 aromatic carbocycles. The Balaban J connectivity index is 2.03. The van der Waals surface area contributed by atoms with Crippen LogP contribution in [0.1, 0.15) is 33.1 Å². The lowest BCUT2D eigenvalue weighted by molar-refractivity contribution is -0.141. The lowest BCUT2D eigenvalue weighted by atomic mass is 9.97. The zero-order valence-electron chi connectivity index (χ0n) is 15.4. The summed E-state index contributed by atoms with van der Waals surface area (Å²) in [6, 6.07) is 10.6. The molecule has 0 bridgehead atoms. The minimum Gasteiger partial charge on any atom is -0.497 e. The number of rotatable bonds is 7. The van der Waals surface area contributed by atoms with E-state index < -0.39 is 23.8 Å². The van der Waals surface area contributed by atoms with Gasteiger partial charge in [-0.1, -0.05) is 24.3 Å². The van der Waals surface area contributed by atoms with Crippen molar-refractivity contribution in [3.8, 4) is 5.75 Å². The largest absolute Gasteiger partial charge is 0.497 e. The van der Waals surface area contributed by atoms with Gasteiger partial charge in [0.2, 0.25) is 5.91 Å². The molecule has 0 saturated heterocycles. The summed E-state index contributed by atoms with van der Waals surface area (Å²) in [5.74, 6) is -1.70. The smallest absolute Gasteiger partial charge is 0.330 e. The van der Waals surface area contributed by atoms with Crippen LogP contribution in [0.15, 0.2) is 42.5 Å². The van der Waals surface area contributed by atoms with Gasteiger partial charge in [-0.2, -0.15) is 0 Å². The van der Waals surface area contributed by atoms with Crippen molar-refractivity contribution in [2.75, 3.05) is 13.7 Å². The number of amides is 2. The molecular formula is C20H22N2O5. The normalized spacial score (nSPS) is 11.4. The van der Waals surface area contributed by atoms with Crippen molar-refractivity contribution in [3.05, 3.63) is 64.7 Å². The molecule has 0 aliphatic rings. The van der Waals surface area contributed by atoms with Crippen LogP contribution in [0.25, 0.3) is 0 Å². The predicted molar refractivity (Wildman–Crippen MR) is 99.8 cm³/mol. The van der Waals surface area contributed by atoms with Crippen LogP contribution < -0.4 is 15.4 Å². The Bertz CT molecular complexity index is 863. The predicted octanol–water partition coefficient (Wildman–Crippen LogP) is 1.98. The van der Waals surface area contributed by atoms with Gasteiger partial charge in [0.25, 0.3) is 5.91 Å². The second kappa shape index (κ2) is 8.84. The third-order valence-electron chi connectivity index (χ3n) is 4.25. The van der Waals surface area contributed by atoms with Crippen molar-refractivity contribution in [2.24, 2.45) is 0 Å². The second-order valence-corrected chi connectivity index (χ2v) is 6.04. The van der Waals surface area contributed by atoms with E-state index in [-0.39, 0.29) is 6.54 Å². The molecule has 0 saturated carbocycles. The van der Waals surface area contributed by atoms with E-state index in [0.29, 0.717) is 16.9 Å². The Labute approximate surface area is 157 Å². The minimum absolute atomic E-state index is 0.339. The fourth-order valence-corrected chi connectivity index (χ4v) is 2.60. The summed E-state index contributed by atoms with van der Waals surface area (Å²) in [6.45, 7) is 3.33. The van der Waals surface area contributed by atoms with Crippen LogP contribution in [0.2, 0.25) is 0 Å². The summed E-state index contributed by atoms with van der Waals surface area (Å²) in [4.78, 5) is 35.9. The van der Waals surface area contributed by atoms with Gasteiger partial charge < -0.3 is 20.5 Å². The fraction of sp³-hybridized carbons (Fsp3) is 0.250. The summed E-state index contributed by atoms with van der Waals surface area (Å²) in [6.07, 6.45) is 0. The average Bonchev–Trinajstić information content (AvgIpc) is 2.66. The molecule has 0 radical (unpaired) electrons. The van der Waals surface area contributed by atoms with Gasteiger partial charge in [-0.3, -0.25) is 9.59 Å². The lowest BCUT2D eigenvalue weighted by Crippen LogP contribution is -2.41. The first kappa shape index (κ1) is 20.0. The molecule has 142 valence electrons. The molecule has 7 heteroatoms. The third kappa shape index (κ3) is 5.07. The van der Waals surface area contributed by atoms with Crippen LogP contribution >= 0.6 is 0 Å². The maximum Gasteiger partial charge on any atom is 0.330 e.